The van der Waals surface area contributed by atoms with E-state index < -0.39 is 0 Å². The molecule has 0 heteroatoms. The standard InChI is InChI=1S/C15H22.C7H12.C2H4/c1-11(2)13-9-7-8-10-14(13)15(5,6)12(3)4;1-5-7(4)6(2)3;1-2/h7-10,12H,1H2,2-6H3;5H,1H2,2-4H3;1-2H2. The van der Waals surface area contributed by atoms with E-state index in [9.17, 15) is 0 Å². The molecule has 1 aromatic carbocycles. The molecule has 0 spiro atoms. The fourth-order valence-electron chi connectivity index (χ4n) is 1.93. The lowest BCUT2D eigenvalue weighted by Crippen LogP contribution is -2.25. The summed E-state index contributed by atoms with van der Waals surface area (Å²) in [7, 11) is 0. The highest BCUT2D eigenvalue weighted by atomic mass is 14.3. The van der Waals surface area contributed by atoms with Crippen molar-refractivity contribution in [3.8, 4) is 0 Å². The summed E-state index contributed by atoms with van der Waals surface area (Å²) in [5.41, 5.74) is 6.69. The Balaban J connectivity index is 0. The summed E-state index contributed by atoms with van der Waals surface area (Å²) in [6, 6.07) is 8.60. The van der Waals surface area contributed by atoms with Gasteiger partial charge in [-0.15, -0.1) is 13.2 Å². The van der Waals surface area contributed by atoms with E-state index in [4.69, 9.17) is 0 Å². The second kappa shape index (κ2) is 11.7. The van der Waals surface area contributed by atoms with Gasteiger partial charge >= 0.3 is 0 Å². The van der Waals surface area contributed by atoms with Crippen molar-refractivity contribution in [3.63, 3.8) is 0 Å². The smallest absolute Gasteiger partial charge is 0.00745 e. The van der Waals surface area contributed by atoms with Gasteiger partial charge in [0.15, 0.2) is 0 Å². The van der Waals surface area contributed by atoms with Crippen LogP contribution in [0.3, 0.4) is 0 Å². The summed E-state index contributed by atoms with van der Waals surface area (Å²) in [6.45, 7) is 31.1. The highest BCUT2D eigenvalue weighted by Gasteiger charge is 2.26. The summed E-state index contributed by atoms with van der Waals surface area (Å²) < 4.78 is 0. The molecule has 1 rings (SSSR count). The van der Waals surface area contributed by atoms with Gasteiger partial charge in [-0.2, -0.15) is 0 Å². The van der Waals surface area contributed by atoms with Crippen LogP contribution in [0.15, 0.2) is 67.8 Å². The van der Waals surface area contributed by atoms with E-state index in [1.807, 2.05) is 6.08 Å². The molecule has 0 nitrogen and oxygen atoms in total. The molecule has 0 radical (unpaired) electrons. The van der Waals surface area contributed by atoms with Gasteiger partial charge in [0.1, 0.15) is 0 Å². The van der Waals surface area contributed by atoms with Crippen LogP contribution in [0.1, 0.15) is 66.5 Å². The third-order valence-corrected chi connectivity index (χ3v) is 4.62. The zero-order valence-electron chi connectivity index (χ0n) is 17.3. The third-order valence-electron chi connectivity index (χ3n) is 4.62. The van der Waals surface area contributed by atoms with Crippen LogP contribution in [0.4, 0.5) is 0 Å². The number of allylic oxidation sites excluding steroid dienone is 4. The molecule has 0 aliphatic rings. The molecule has 0 aromatic heterocycles. The summed E-state index contributed by atoms with van der Waals surface area (Å²) in [5, 5.41) is 0. The zero-order valence-corrected chi connectivity index (χ0v) is 17.3. The van der Waals surface area contributed by atoms with E-state index in [1.165, 1.54) is 22.3 Å². The van der Waals surface area contributed by atoms with E-state index in [1.54, 1.807) is 0 Å². The Morgan fingerprint density at radius 1 is 1.00 bits per heavy atom. The normalized spacial score (nSPS) is 9.88. The molecule has 0 N–H and O–H groups in total. The van der Waals surface area contributed by atoms with Gasteiger partial charge in [-0.1, -0.05) is 87.9 Å². The van der Waals surface area contributed by atoms with Crippen molar-refractivity contribution in [2.45, 2.75) is 60.8 Å². The first-order valence-corrected chi connectivity index (χ1v) is 8.57. The van der Waals surface area contributed by atoms with Gasteiger partial charge in [0.2, 0.25) is 0 Å². The molecule has 134 valence electrons. The average molecular weight is 327 g/mol. The molecule has 0 amide bonds. The maximum Gasteiger partial charge on any atom is -0.00745 e. The largest absolute Gasteiger partial charge is 0.106 e. The van der Waals surface area contributed by atoms with Crippen LogP contribution in [0.5, 0.6) is 0 Å². The Kier molecular flexibility index (Phi) is 11.9. The third kappa shape index (κ3) is 7.64. The summed E-state index contributed by atoms with van der Waals surface area (Å²) in [6.07, 6.45) is 1.87. The fourth-order valence-corrected chi connectivity index (χ4v) is 1.93. The summed E-state index contributed by atoms with van der Waals surface area (Å²) in [4.78, 5) is 0. The summed E-state index contributed by atoms with van der Waals surface area (Å²) >= 11 is 0. The first-order valence-electron chi connectivity index (χ1n) is 8.57. The second-order valence-electron chi connectivity index (χ2n) is 7.09. The average Bonchev–Trinajstić information content (AvgIpc) is 2.56. The SMILES string of the molecule is C=C.C=C(C)c1ccccc1C(C)(C)C(C)C.C=CC(C)=C(C)C. The van der Waals surface area contributed by atoms with Crippen molar-refractivity contribution in [2.24, 2.45) is 5.92 Å². The number of rotatable bonds is 4. The minimum absolute atomic E-state index is 0.204. The number of hydrogen-bond acceptors (Lipinski definition) is 0. The van der Waals surface area contributed by atoms with Crippen LogP contribution >= 0.6 is 0 Å². The van der Waals surface area contributed by atoms with Crippen molar-refractivity contribution in [1.82, 2.24) is 0 Å². The number of benzene rings is 1. The van der Waals surface area contributed by atoms with E-state index in [2.05, 4.69) is 106 Å². The number of hydrogen-bond donors (Lipinski definition) is 0. The molecule has 0 aliphatic carbocycles. The molecule has 0 heterocycles. The van der Waals surface area contributed by atoms with Crippen molar-refractivity contribution in [1.29, 1.82) is 0 Å². The van der Waals surface area contributed by atoms with Crippen LogP contribution in [0.25, 0.3) is 5.57 Å². The monoisotopic (exact) mass is 326 g/mol. The Labute approximate surface area is 151 Å². The molecule has 0 bridgehead atoms. The lowest BCUT2D eigenvalue weighted by molar-refractivity contribution is 0.371. The molecule has 0 saturated carbocycles. The fraction of sp³-hybridized carbons (Fsp3) is 0.417. The van der Waals surface area contributed by atoms with Crippen LogP contribution in [0, 0.1) is 5.92 Å². The lowest BCUT2D eigenvalue weighted by Gasteiger charge is -2.32. The first kappa shape index (κ1) is 24.4. The van der Waals surface area contributed by atoms with Crippen LogP contribution in [-0.4, -0.2) is 0 Å². The van der Waals surface area contributed by atoms with Crippen molar-refractivity contribution in [2.75, 3.05) is 0 Å². The molecule has 1 aromatic rings. The molecular formula is C24H38. The quantitative estimate of drug-likeness (QED) is 0.388. The first-order chi connectivity index (χ1) is 11.1. The van der Waals surface area contributed by atoms with Crippen LogP contribution < -0.4 is 0 Å². The highest BCUT2D eigenvalue weighted by Crippen LogP contribution is 2.35. The van der Waals surface area contributed by atoms with E-state index in [-0.39, 0.29) is 5.41 Å². The van der Waals surface area contributed by atoms with Gasteiger partial charge in [0.25, 0.3) is 0 Å². The molecule has 0 unspecified atom stereocenters. The van der Waals surface area contributed by atoms with Gasteiger partial charge < -0.3 is 0 Å². The zero-order chi connectivity index (χ0) is 19.5. The van der Waals surface area contributed by atoms with Crippen LogP contribution in [0.2, 0.25) is 0 Å². The van der Waals surface area contributed by atoms with Gasteiger partial charge in [-0.25, -0.2) is 0 Å². The van der Waals surface area contributed by atoms with E-state index >= 15 is 0 Å². The van der Waals surface area contributed by atoms with E-state index in [0.29, 0.717) is 5.92 Å². The Morgan fingerprint density at radius 3 is 1.75 bits per heavy atom. The summed E-state index contributed by atoms with van der Waals surface area (Å²) in [5.74, 6) is 0.623. The van der Waals surface area contributed by atoms with Gasteiger partial charge in [-0.3, -0.25) is 0 Å². The van der Waals surface area contributed by atoms with Gasteiger partial charge in [-0.05, 0) is 50.2 Å². The highest BCUT2D eigenvalue weighted by molar-refractivity contribution is 5.65. The predicted octanol–water partition coefficient (Wildman–Crippen LogP) is 7.98. The Morgan fingerprint density at radius 2 is 1.46 bits per heavy atom. The predicted molar refractivity (Wildman–Crippen MR) is 115 cm³/mol. The van der Waals surface area contributed by atoms with Gasteiger partial charge in [0.05, 0.1) is 0 Å². The molecule has 0 fully saturated rings. The van der Waals surface area contributed by atoms with E-state index in [0.717, 1.165) is 5.57 Å². The molecule has 24 heavy (non-hydrogen) atoms. The molecule has 0 aliphatic heterocycles. The molecular weight excluding hydrogens is 288 g/mol. The maximum atomic E-state index is 4.06. The van der Waals surface area contributed by atoms with Crippen molar-refractivity contribution in [3.05, 3.63) is 78.9 Å². The topological polar surface area (TPSA) is 0 Å². The minimum Gasteiger partial charge on any atom is -0.106 e. The molecule has 0 saturated heterocycles. The Hall–Kier alpha value is -1.82. The van der Waals surface area contributed by atoms with Crippen molar-refractivity contribution < 1.29 is 0 Å². The lowest BCUT2D eigenvalue weighted by atomic mass is 9.73. The maximum absolute atomic E-state index is 4.06. The van der Waals surface area contributed by atoms with Crippen molar-refractivity contribution >= 4 is 5.57 Å². The second-order valence-corrected chi connectivity index (χ2v) is 7.09. The Bertz CT molecular complexity index is 549. The van der Waals surface area contributed by atoms with Gasteiger partial charge in [0, 0.05) is 0 Å². The van der Waals surface area contributed by atoms with Crippen LogP contribution in [-0.2, 0) is 5.41 Å². The molecule has 0 atom stereocenters. The minimum atomic E-state index is 0.204.